The van der Waals surface area contributed by atoms with Crippen molar-refractivity contribution in [1.29, 1.82) is 0 Å². The molecule has 0 atom stereocenters. The summed E-state index contributed by atoms with van der Waals surface area (Å²) in [4.78, 5) is 0. The molecule has 0 saturated carbocycles. The largest absolute Gasteiger partial charge is 0.455 e. The summed E-state index contributed by atoms with van der Waals surface area (Å²) in [7, 11) is 2.01. The predicted octanol–water partition coefficient (Wildman–Crippen LogP) is 2.29. The standard InChI is InChI=1S/C12H12ClNO/c1-14-8-9-6-7-12(15-9)10-4-2-3-5-11(10)13/h2-7,14H,8H2,1H3/p+1. The molecule has 2 nitrogen and oxygen atoms in total. The van der Waals surface area contributed by atoms with Gasteiger partial charge in [0.25, 0.3) is 0 Å². The summed E-state index contributed by atoms with van der Waals surface area (Å²) in [6, 6.07) is 11.6. The van der Waals surface area contributed by atoms with E-state index in [1.165, 1.54) is 0 Å². The minimum absolute atomic E-state index is 0.721. The number of benzene rings is 1. The summed E-state index contributed by atoms with van der Waals surface area (Å²) in [5.41, 5.74) is 0.946. The van der Waals surface area contributed by atoms with E-state index in [2.05, 4.69) is 5.32 Å². The molecular weight excluding hydrogens is 210 g/mol. The molecule has 0 unspecified atom stereocenters. The minimum atomic E-state index is 0.721. The van der Waals surface area contributed by atoms with Crippen molar-refractivity contribution in [3.63, 3.8) is 0 Å². The molecule has 1 heterocycles. The van der Waals surface area contributed by atoms with Gasteiger partial charge in [-0.25, -0.2) is 0 Å². The third-order valence-corrected chi connectivity index (χ3v) is 2.54. The number of quaternary nitrogens is 1. The van der Waals surface area contributed by atoms with Crippen molar-refractivity contribution in [2.45, 2.75) is 6.54 Å². The summed E-state index contributed by atoms with van der Waals surface area (Å²) in [5.74, 6) is 1.80. The van der Waals surface area contributed by atoms with Gasteiger partial charge in [0.2, 0.25) is 0 Å². The van der Waals surface area contributed by atoms with Gasteiger partial charge in [0, 0.05) is 5.56 Å². The van der Waals surface area contributed by atoms with E-state index in [1.807, 2.05) is 43.4 Å². The molecule has 0 fully saturated rings. The highest BCUT2D eigenvalue weighted by atomic mass is 35.5. The highest BCUT2D eigenvalue weighted by molar-refractivity contribution is 6.33. The lowest BCUT2D eigenvalue weighted by Crippen LogP contribution is -2.77. The first-order valence-corrected chi connectivity index (χ1v) is 5.30. The maximum absolute atomic E-state index is 6.08. The zero-order valence-electron chi connectivity index (χ0n) is 8.53. The van der Waals surface area contributed by atoms with Crippen molar-refractivity contribution in [2.75, 3.05) is 7.05 Å². The summed E-state index contributed by atoms with van der Waals surface area (Å²) < 4.78 is 5.68. The van der Waals surface area contributed by atoms with Gasteiger partial charge in [0.1, 0.15) is 12.3 Å². The molecule has 0 aliphatic carbocycles. The molecule has 3 heteroatoms. The first-order chi connectivity index (χ1) is 7.31. The molecule has 2 N–H and O–H groups in total. The Morgan fingerprint density at radius 2 is 2.00 bits per heavy atom. The van der Waals surface area contributed by atoms with Crippen LogP contribution in [0.3, 0.4) is 0 Å². The predicted molar refractivity (Wildman–Crippen MR) is 60.7 cm³/mol. The van der Waals surface area contributed by atoms with Crippen molar-refractivity contribution in [3.05, 3.63) is 47.2 Å². The number of nitrogens with two attached hydrogens (primary N) is 1. The van der Waals surface area contributed by atoms with Gasteiger partial charge in [-0.15, -0.1) is 0 Å². The third-order valence-electron chi connectivity index (χ3n) is 2.21. The molecule has 0 amide bonds. The zero-order valence-corrected chi connectivity index (χ0v) is 9.29. The Kier molecular flexibility index (Phi) is 3.09. The molecule has 0 aliphatic rings. The van der Waals surface area contributed by atoms with Crippen LogP contribution in [0.5, 0.6) is 0 Å². The monoisotopic (exact) mass is 222 g/mol. The number of halogens is 1. The Balaban J connectivity index is 2.33. The minimum Gasteiger partial charge on any atom is -0.455 e. The van der Waals surface area contributed by atoms with Crippen molar-refractivity contribution in [2.24, 2.45) is 0 Å². The van der Waals surface area contributed by atoms with Crippen LogP contribution >= 0.6 is 11.6 Å². The third kappa shape index (κ3) is 2.22. The molecule has 15 heavy (non-hydrogen) atoms. The molecule has 2 rings (SSSR count). The Morgan fingerprint density at radius 1 is 1.20 bits per heavy atom. The summed E-state index contributed by atoms with van der Waals surface area (Å²) in [6.07, 6.45) is 0. The van der Waals surface area contributed by atoms with E-state index in [9.17, 15) is 0 Å². The second-order valence-electron chi connectivity index (χ2n) is 3.36. The van der Waals surface area contributed by atoms with Crippen LogP contribution in [0.1, 0.15) is 5.76 Å². The lowest BCUT2D eigenvalue weighted by atomic mass is 10.2. The Labute approximate surface area is 93.9 Å². The quantitative estimate of drug-likeness (QED) is 0.849. The van der Waals surface area contributed by atoms with E-state index in [1.54, 1.807) is 0 Å². The maximum Gasteiger partial charge on any atom is 0.158 e. The Bertz CT molecular complexity index is 450. The van der Waals surface area contributed by atoms with Gasteiger partial charge in [0.15, 0.2) is 5.76 Å². The molecular formula is C12H13ClNO+. The van der Waals surface area contributed by atoms with Crippen molar-refractivity contribution < 1.29 is 9.73 Å². The fourth-order valence-corrected chi connectivity index (χ4v) is 1.72. The van der Waals surface area contributed by atoms with Crippen LogP contribution < -0.4 is 5.32 Å². The highest BCUT2D eigenvalue weighted by Gasteiger charge is 2.07. The summed E-state index contributed by atoms with van der Waals surface area (Å²) in [6.45, 7) is 0.852. The Morgan fingerprint density at radius 3 is 2.73 bits per heavy atom. The second kappa shape index (κ2) is 4.51. The molecule has 0 aliphatic heterocycles. The number of furan rings is 1. The van der Waals surface area contributed by atoms with Gasteiger partial charge in [0.05, 0.1) is 12.1 Å². The topological polar surface area (TPSA) is 29.8 Å². The molecule has 78 valence electrons. The van der Waals surface area contributed by atoms with E-state index in [0.29, 0.717) is 0 Å². The van der Waals surface area contributed by atoms with E-state index < -0.39 is 0 Å². The van der Waals surface area contributed by atoms with E-state index in [0.717, 1.165) is 28.7 Å². The van der Waals surface area contributed by atoms with Gasteiger partial charge in [-0.2, -0.15) is 0 Å². The fraction of sp³-hybridized carbons (Fsp3) is 0.167. The number of hydrogen-bond acceptors (Lipinski definition) is 1. The average molecular weight is 223 g/mol. The zero-order chi connectivity index (χ0) is 10.7. The van der Waals surface area contributed by atoms with Crippen LogP contribution in [0, 0.1) is 0 Å². The molecule has 2 aromatic rings. The van der Waals surface area contributed by atoms with Gasteiger partial charge in [-0.3, -0.25) is 0 Å². The van der Waals surface area contributed by atoms with E-state index >= 15 is 0 Å². The van der Waals surface area contributed by atoms with Gasteiger partial charge < -0.3 is 9.73 Å². The van der Waals surface area contributed by atoms with E-state index in [4.69, 9.17) is 16.0 Å². The lowest BCUT2D eigenvalue weighted by Gasteiger charge is -1.99. The van der Waals surface area contributed by atoms with Crippen LogP contribution in [0.25, 0.3) is 11.3 Å². The van der Waals surface area contributed by atoms with Crippen molar-refractivity contribution in [3.8, 4) is 11.3 Å². The molecule has 0 bridgehead atoms. The van der Waals surface area contributed by atoms with Crippen LogP contribution in [0.15, 0.2) is 40.8 Å². The molecule has 0 spiro atoms. The van der Waals surface area contributed by atoms with Crippen LogP contribution in [0.4, 0.5) is 0 Å². The molecule has 0 radical (unpaired) electrons. The van der Waals surface area contributed by atoms with Gasteiger partial charge in [-0.1, -0.05) is 23.7 Å². The van der Waals surface area contributed by atoms with Crippen LogP contribution in [0.2, 0.25) is 5.02 Å². The molecule has 1 aromatic heterocycles. The fourth-order valence-electron chi connectivity index (χ4n) is 1.49. The molecule has 1 aromatic carbocycles. The Hall–Kier alpha value is -1.25. The van der Waals surface area contributed by atoms with Gasteiger partial charge >= 0.3 is 0 Å². The number of hydrogen-bond donors (Lipinski definition) is 1. The number of rotatable bonds is 3. The van der Waals surface area contributed by atoms with Crippen molar-refractivity contribution >= 4 is 11.6 Å². The second-order valence-corrected chi connectivity index (χ2v) is 3.77. The highest BCUT2D eigenvalue weighted by Crippen LogP contribution is 2.28. The molecule has 0 saturated heterocycles. The lowest BCUT2D eigenvalue weighted by molar-refractivity contribution is -0.645. The van der Waals surface area contributed by atoms with E-state index in [-0.39, 0.29) is 0 Å². The van der Waals surface area contributed by atoms with Crippen LogP contribution in [-0.2, 0) is 6.54 Å². The average Bonchev–Trinajstić information content (AvgIpc) is 2.68. The first kappa shape index (κ1) is 10.3. The van der Waals surface area contributed by atoms with Gasteiger partial charge in [-0.05, 0) is 24.3 Å². The smallest absolute Gasteiger partial charge is 0.158 e. The SMILES string of the molecule is C[NH2+]Cc1ccc(-c2ccccc2Cl)o1. The van der Waals surface area contributed by atoms with Crippen molar-refractivity contribution in [1.82, 2.24) is 0 Å². The maximum atomic E-state index is 6.08. The summed E-state index contributed by atoms with van der Waals surface area (Å²) >= 11 is 6.08. The normalized spacial score (nSPS) is 10.5. The van der Waals surface area contributed by atoms with Crippen LogP contribution in [-0.4, -0.2) is 7.05 Å². The summed E-state index contributed by atoms with van der Waals surface area (Å²) in [5, 5.41) is 2.79. The first-order valence-electron chi connectivity index (χ1n) is 4.92.